The summed E-state index contributed by atoms with van der Waals surface area (Å²) in [7, 11) is 1.35. The highest BCUT2D eigenvalue weighted by atomic mass is 19.1. The maximum absolute atomic E-state index is 13.2. The molecule has 11 heteroatoms. The second-order valence-electron chi connectivity index (χ2n) is 6.36. The molecule has 154 valence electrons. The topological polar surface area (TPSA) is 127 Å². The van der Waals surface area contributed by atoms with E-state index in [1.54, 1.807) is 0 Å². The Balaban J connectivity index is 1.86. The Morgan fingerprint density at radius 3 is 2.52 bits per heavy atom. The van der Waals surface area contributed by atoms with E-state index in [9.17, 15) is 14.0 Å². The first-order chi connectivity index (χ1) is 14.0. The molecule has 0 saturated heterocycles. The fourth-order valence-electron chi connectivity index (χ4n) is 2.77. The largest absolute Gasteiger partial charge is 0.395 e. The molecule has 0 bridgehead atoms. The molecule has 0 aliphatic carbocycles. The molecule has 0 fully saturated rings. The van der Waals surface area contributed by atoms with Gasteiger partial charge in [0.25, 0.3) is 5.56 Å². The SMILES string of the molecule is Cn1c(=O)c2nc(CNCCCNCCO)nnc2n(-c2ccc(F)cc2)c1=O. The van der Waals surface area contributed by atoms with Gasteiger partial charge in [-0.3, -0.25) is 9.36 Å². The monoisotopic (exact) mass is 403 g/mol. The normalized spacial score (nSPS) is 11.3. The Morgan fingerprint density at radius 1 is 1.07 bits per heavy atom. The molecule has 29 heavy (non-hydrogen) atoms. The number of hydrogen-bond acceptors (Lipinski definition) is 8. The molecular formula is C18H22FN7O3. The third-order valence-corrected chi connectivity index (χ3v) is 4.27. The van der Waals surface area contributed by atoms with E-state index in [-0.39, 0.29) is 17.8 Å². The van der Waals surface area contributed by atoms with Gasteiger partial charge in [0.15, 0.2) is 17.0 Å². The molecule has 0 saturated carbocycles. The van der Waals surface area contributed by atoms with Gasteiger partial charge in [0.05, 0.1) is 18.8 Å². The Kier molecular flexibility index (Phi) is 6.75. The molecule has 2 heterocycles. The predicted octanol–water partition coefficient (Wildman–Crippen LogP) is -0.925. The van der Waals surface area contributed by atoms with Crippen LogP contribution < -0.4 is 21.9 Å². The molecule has 3 N–H and O–H groups in total. The number of fused-ring (bicyclic) bond motifs is 1. The maximum atomic E-state index is 13.2. The number of aromatic nitrogens is 5. The Hall–Kier alpha value is -3.02. The molecule has 0 atom stereocenters. The molecule has 1 aromatic carbocycles. The average Bonchev–Trinajstić information content (AvgIpc) is 2.73. The van der Waals surface area contributed by atoms with Gasteiger partial charge in [-0.1, -0.05) is 0 Å². The van der Waals surface area contributed by atoms with Crippen LogP contribution in [0.4, 0.5) is 4.39 Å². The number of benzene rings is 1. The van der Waals surface area contributed by atoms with E-state index < -0.39 is 17.1 Å². The van der Waals surface area contributed by atoms with Crippen molar-refractivity contribution in [3.05, 3.63) is 56.7 Å². The second kappa shape index (κ2) is 9.45. The van der Waals surface area contributed by atoms with Crippen LogP contribution in [-0.4, -0.2) is 55.7 Å². The molecule has 0 unspecified atom stereocenters. The summed E-state index contributed by atoms with van der Waals surface area (Å²) < 4.78 is 15.4. The number of nitrogens with zero attached hydrogens (tertiary/aromatic N) is 5. The summed E-state index contributed by atoms with van der Waals surface area (Å²) >= 11 is 0. The van der Waals surface area contributed by atoms with Crippen LogP contribution in [0.3, 0.4) is 0 Å². The van der Waals surface area contributed by atoms with Crippen LogP contribution in [0.15, 0.2) is 33.9 Å². The molecule has 3 aromatic rings. The van der Waals surface area contributed by atoms with Crippen molar-refractivity contribution in [1.29, 1.82) is 0 Å². The van der Waals surface area contributed by atoms with Crippen molar-refractivity contribution in [3.63, 3.8) is 0 Å². The van der Waals surface area contributed by atoms with Crippen LogP contribution in [0, 0.1) is 5.82 Å². The fourth-order valence-corrected chi connectivity index (χ4v) is 2.77. The highest BCUT2D eigenvalue weighted by Gasteiger charge is 2.16. The van der Waals surface area contributed by atoms with Crippen molar-refractivity contribution in [2.24, 2.45) is 7.05 Å². The smallest absolute Gasteiger partial charge is 0.337 e. The van der Waals surface area contributed by atoms with Crippen molar-refractivity contribution in [2.75, 3.05) is 26.2 Å². The molecule has 2 aromatic heterocycles. The Labute approximate surface area is 165 Å². The standard InChI is InChI=1S/C18H22FN7O3/c1-25-17(28)15-16(26(18(25)29)13-5-3-12(19)4-6-13)24-23-14(22-15)11-21-8-2-7-20-9-10-27/h3-6,20-21,27H,2,7-11H2,1H3. The quantitative estimate of drug-likeness (QED) is 0.392. The Bertz CT molecular complexity index is 1100. The van der Waals surface area contributed by atoms with Gasteiger partial charge in [0.2, 0.25) is 0 Å². The summed E-state index contributed by atoms with van der Waals surface area (Å²) in [5.74, 6) is -0.123. The van der Waals surface area contributed by atoms with Crippen molar-refractivity contribution >= 4 is 11.2 Å². The molecule has 0 aliphatic heterocycles. The lowest BCUT2D eigenvalue weighted by Crippen LogP contribution is -2.38. The first-order valence-electron chi connectivity index (χ1n) is 9.16. The zero-order valence-electron chi connectivity index (χ0n) is 15.9. The molecule has 0 spiro atoms. The van der Waals surface area contributed by atoms with Gasteiger partial charge in [-0.05, 0) is 43.8 Å². The van der Waals surface area contributed by atoms with E-state index in [1.807, 2.05) is 0 Å². The lowest BCUT2D eigenvalue weighted by atomic mass is 10.3. The van der Waals surface area contributed by atoms with Crippen molar-refractivity contribution in [3.8, 4) is 5.69 Å². The van der Waals surface area contributed by atoms with Gasteiger partial charge in [-0.2, -0.15) is 0 Å². The van der Waals surface area contributed by atoms with E-state index in [0.29, 0.717) is 31.1 Å². The van der Waals surface area contributed by atoms with Crippen LogP contribution in [0.5, 0.6) is 0 Å². The van der Waals surface area contributed by atoms with E-state index in [1.165, 1.54) is 35.9 Å². The minimum atomic E-state index is -0.619. The van der Waals surface area contributed by atoms with Gasteiger partial charge in [-0.25, -0.2) is 18.7 Å². The number of rotatable bonds is 9. The summed E-state index contributed by atoms with van der Waals surface area (Å²) in [4.78, 5) is 29.4. The van der Waals surface area contributed by atoms with E-state index in [0.717, 1.165) is 17.5 Å². The minimum absolute atomic E-state index is 0.00726. The first-order valence-corrected chi connectivity index (χ1v) is 9.16. The Morgan fingerprint density at radius 2 is 1.79 bits per heavy atom. The van der Waals surface area contributed by atoms with Gasteiger partial charge in [-0.15, -0.1) is 10.2 Å². The third-order valence-electron chi connectivity index (χ3n) is 4.27. The average molecular weight is 403 g/mol. The molecule has 3 rings (SSSR count). The highest BCUT2D eigenvalue weighted by molar-refractivity contribution is 5.70. The lowest BCUT2D eigenvalue weighted by Gasteiger charge is -2.11. The zero-order valence-corrected chi connectivity index (χ0v) is 15.9. The summed E-state index contributed by atoms with van der Waals surface area (Å²) in [5.41, 5.74) is -0.817. The van der Waals surface area contributed by atoms with Crippen molar-refractivity contribution in [2.45, 2.75) is 13.0 Å². The second-order valence-corrected chi connectivity index (χ2v) is 6.36. The van der Waals surface area contributed by atoms with Crippen LogP contribution >= 0.6 is 0 Å². The summed E-state index contributed by atoms with van der Waals surface area (Å²) in [6.45, 7) is 2.41. The number of halogens is 1. The third kappa shape index (κ3) is 4.70. The van der Waals surface area contributed by atoms with Gasteiger partial charge in [0.1, 0.15) is 5.82 Å². The van der Waals surface area contributed by atoms with Crippen LogP contribution in [-0.2, 0) is 13.6 Å². The van der Waals surface area contributed by atoms with Crippen molar-refractivity contribution < 1.29 is 9.50 Å². The molecule has 10 nitrogen and oxygen atoms in total. The minimum Gasteiger partial charge on any atom is -0.395 e. The highest BCUT2D eigenvalue weighted by Crippen LogP contribution is 2.11. The molecular weight excluding hydrogens is 381 g/mol. The van der Waals surface area contributed by atoms with Crippen molar-refractivity contribution in [1.82, 2.24) is 34.9 Å². The van der Waals surface area contributed by atoms with E-state index in [2.05, 4.69) is 25.8 Å². The molecule has 0 radical (unpaired) electrons. The summed E-state index contributed by atoms with van der Waals surface area (Å²) in [6, 6.07) is 5.27. The number of aliphatic hydroxyl groups excluding tert-OH is 1. The first kappa shape index (κ1) is 20.7. The fraction of sp³-hybridized carbons (Fsp3) is 0.389. The number of aliphatic hydroxyl groups is 1. The lowest BCUT2D eigenvalue weighted by molar-refractivity contribution is 0.292. The number of nitrogens with one attached hydrogen (secondary N) is 2. The van der Waals surface area contributed by atoms with E-state index >= 15 is 0 Å². The van der Waals surface area contributed by atoms with Gasteiger partial charge in [0, 0.05) is 13.6 Å². The van der Waals surface area contributed by atoms with Gasteiger partial charge >= 0.3 is 5.69 Å². The zero-order chi connectivity index (χ0) is 20.8. The van der Waals surface area contributed by atoms with Crippen LogP contribution in [0.2, 0.25) is 0 Å². The summed E-state index contributed by atoms with van der Waals surface area (Å²) in [6.07, 6.45) is 0.840. The predicted molar refractivity (Wildman–Crippen MR) is 104 cm³/mol. The maximum Gasteiger partial charge on any atom is 0.337 e. The molecule has 0 aliphatic rings. The number of hydrogen-bond donors (Lipinski definition) is 3. The molecule has 0 amide bonds. The van der Waals surface area contributed by atoms with Crippen LogP contribution in [0.1, 0.15) is 12.2 Å². The van der Waals surface area contributed by atoms with Gasteiger partial charge < -0.3 is 15.7 Å². The van der Waals surface area contributed by atoms with E-state index in [4.69, 9.17) is 5.11 Å². The summed E-state index contributed by atoms with van der Waals surface area (Å²) in [5, 5.41) is 23.0. The van der Waals surface area contributed by atoms with Crippen LogP contribution in [0.25, 0.3) is 16.9 Å².